The maximum Gasteiger partial charge on any atom is 0.210 e. The van der Waals surface area contributed by atoms with Crippen LogP contribution >= 0.6 is 0 Å². The van der Waals surface area contributed by atoms with Crippen molar-refractivity contribution >= 4 is 11.0 Å². The summed E-state index contributed by atoms with van der Waals surface area (Å²) >= 11 is 0. The van der Waals surface area contributed by atoms with Gasteiger partial charge in [0.2, 0.25) is 5.43 Å². The Hall–Kier alpha value is -2.08. The van der Waals surface area contributed by atoms with Gasteiger partial charge in [0, 0.05) is 0 Å². The topological polar surface area (TPSA) is 54.0 Å². The molecule has 2 aromatic rings. The summed E-state index contributed by atoms with van der Waals surface area (Å²) in [5, 5.41) is 9.21. The lowest BCUT2D eigenvalue weighted by molar-refractivity contribution is 0.600. The molecule has 15 heavy (non-hydrogen) atoms. The Kier molecular flexibility index (Phi) is 2.05. The lowest BCUT2D eigenvalue weighted by Crippen LogP contribution is -2.07. The Balaban J connectivity index is 3.02. The minimum atomic E-state index is -0.253. The second kappa shape index (κ2) is 3.25. The highest BCUT2D eigenvalue weighted by molar-refractivity contribution is 5.81. The number of nitriles is 1. The standard InChI is InChI=1S/C12H9NO2/c1-7-3-8(2)11-10(4-7)15-6-9(5-13)12(11)14/h3-4,6H,1-2H3. The van der Waals surface area contributed by atoms with Crippen LogP contribution in [0.4, 0.5) is 0 Å². The van der Waals surface area contributed by atoms with Crippen LogP contribution in [0.5, 0.6) is 0 Å². The third-order valence-electron chi connectivity index (χ3n) is 2.34. The largest absolute Gasteiger partial charge is 0.463 e. The van der Waals surface area contributed by atoms with Gasteiger partial charge in [-0.2, -0.15) is 5.26 Å². The zero-order chi connectivity index (χ0) is 11.0. The van der Waals surface area contributed by atoms with E-state index in [1.165, 1.54) is 6.26 Å². The van der Waals surface area contributed by atoms with Crippen LogP contribution < -0.4 is 5.43 Å². The molecule has 0 fully saturated rings. The molecule has 0 spiro atoms. The van der Waals surface area contributed by atoms with Crippen molar-refractivity contribution in [3.63, 3.8) is 0 Å². The van der Waals surface area contributed by atoms with E-state index in [4.69, 9.17) is 9.68 Å². The van der Waals surface area contributed by atoms with E-state index in [0.29, 0.717) is 11.0 Å². The van der Waals surface area contributed by atoms with Crippen molar-refractivity contribution in [2.75, 3.05) is 0 Å². The summed E-state index contributed by atoms with van der Waals surface area (Å²) in [4.78, 5) is 11.8. The minimum Gasteiger partial charge on any atom is -0.463 e. The Bertz CT molecular complexity index is 632. The molecule has 0 amide bonds. The average Bonchev–Trinajstić information content (AvgIpc) is 2.17. The average molecular weight is 199 g/mol. The van der Waals surface area contributed by atoms with Crippen LogP contribution in [0.2, 0.25) is 0 Å². The van der Waals surface area contributed by atoms with E-state index >= 15 is 0 Å². The predicted molar refractivity (Wildman–Crippen MR) is 56.7 cm³/mol. The lowest BCUT2D eigenvalue weighted by Gasteiger charge is -2.02. The molecule has 0 aliphatic rings. The SMILES string of the molecule is Cc1cc(C)c2c(=O)c(C#N)coc2c1. The van der Waals surface area contributed by atoms with Gasteiger partial charge in [0.1, 0.15) is 23.5 Å². The lowest BCUT2D eigenvalue weighted by atomic mass is 10.1. The van der Waals surface area contributed by atoms with Crippen molar-refractivity contribution in [1.29, 1.82) is 5.26 Å². The van der Waals surface area contributed by atoms with E-state index in [-0.39, 0.29) is 11.0 Å². The molecule has 2 rings (SSSR count). The van der Waals surface area contributed by atoms with Crippen LogP contribution in [0.15, 0.2) is 27.6 Å². The Morgan fingerprint density at radius 3 is 2.73 bits per heavy atom. The van der Waals surface area contributed by atoms with Gasteiger partial charge in [0.05, 0.1) is 5.39 Å². The predicted octanol–water partition coefficient (Wildman–Crippen LogP) is 2.28. The van der Waals surface area contributed by atoms with Crippen molar-refractivity contribution in [2.45, 2.75) is 13.8 Å². The van der Waals surface area contributed by atoms with Crippen LogP contribution in [0.3, 0.4) is 0 Å². The maximum atomic E-state index is 11.8. The summed E-state index contributed by atoms with van der Waals surface area (Å²) in [6, 6.07) is 5.52. The second-order valence-corrected chi connectivity index (χ2v) is 3.55. The van der Waals surface area contributed by atoms with Crippen molar-refractivity contribution < 1.29 is 4.42 Å². The summed E-state index contributed by atoms with van der Waals surface area (Å²) < 4.78 is 5.25. The Labute approximate surface area is 86.6 Å². The van der Waals surface area contributed by atoms with Gasteiger partial charge in [-0.1, -0.05) is 6.07 Å². The van der Waals surface area contributed by atoms with E-state index in [0.717, 1.165) is 11.1 Å². The fourth-order valence-corrected chi connectivity index (χ4v) is 1.70. The molecule has 1 aromatic heterocycles. The molecule has 0 atom stereocenters. The first-order chi connectivity index (χ1) is 7.13. The van der Waals surface area contributed by atoms with Crippen molar-refractivity contribution in [1.82, 2.24) is 0 Å². The summed E-state index contributed by atoms with van der Waals surface area (Å²) in [6.07, 6.45) is 1.21. The first-order valence-electron chi connectivity index (χ1n) is 4.56. The highest BCUT2D eigenvalue weighted by Crippen LogP contribution is 2.17. The van der Waals surface area contributed by atoms with Gasteiger partial charge in [-0.3, -0.25) is 4.79 Å². The normalized spacial score (nSPS) is 10.2. The molecule has 3 nitrogen and oxygen atoms in total. The van der Waals surface area contributed by atoms with E-state index in [9.17, 15) is 4.79 Å². The van der Waals surface area contributed by atoms with Gasteiger partial charge in [-0.05, 0) is 31.0 Å². The highest BCUT2D eigenvalue weighted by Gasteiger charge is 2.08. The molecule has 0 N–H and O–H groups in total. The highest BCUT2D eigenvalue weighted by atomic mass is 16.3. The minimum absolute atomic E-state index is 0.0504. The van der Waals surface area contributed by atoms with E-state index < -0.39 is 0 Å². The quantitative estimate of drug-likeness (QED) is 0.654. The van der Waals surface area contributed by atoms with E-state index in [1.807, 2.05) is 26.0 Å². The summed E-state index contributed by atoms with van der Waals surface area (Å²) in [5.74, 6) is 0. The molecule has 1 heterocycles. The van der Waals surface area contributed by atoms with Gasteiger partial charge in [0.15, 0.2) is 0 Å². The monoisotopic (exact) mass is 199 g/mol. The number of nitrogens with zero attached hydrogens (tertiary/aromatic N) is 1. The molecular weight excluding hydrogens is 190 g/mol. The van der Waals surface area contributed by atoms with Gasteiger partial charge < -0.3 is 4.42 Å². The smallest absolute Gasteiger partial charge is 0.210 e. The van der Waals surface area contributed by atoms with Gasteiger partial charge in [0.25, 0.3) is 0 Å². The third kappa shape index (κ3) is 1.40. The first kappa shape index (κ1) is 9.47. The summed E-state index contributed by atoms with van der Waals surface area (Å²) in [6.45, 7) is 3.78. The van der Waals surface area contributed by atoms with Gasteiger partial charge >= 0.3 is 0 Å². The fourth-order valence-electron chi connectivity index (χ4n) is 1.70. The van der Waals surface area contributed by atoms with Gasteiger partial charge in [-0.15, -0.1) is 0 Å². The molecule has 74 valence electrons. The number of hydrogen-bond donors (Lipinski definition) is 0. The molecule has 0 saturated heterocycles. The summed E-state index contributed by atoms with van der Waals surface area (Å²) in [5.41, 5.74) is 2.21. The molecule has 1 aromatic carbocycles. The number of aryl methyl sites for hydroxylation is 2. The van der Waals surface area contributed by atoms with Crippen LogP contribution in [0, 0.1) is 25.2 Å². The zero-order valence-electron chi connectivity index (χ0n) is 8.50. The first-order valence-corrected chi connectivity index (χ1v) is 4.56. The van der Waals surface area contributed by atoms with Gasteiger partial charge in [-0.25, -0.2) is 0 Å². The second-order valence-electron chi connectivity index (χ2n) is 3.55. The molecule has 0 saturated carbocycles. The number of hydrogen-bond acceptors (Lipinski definition) is 3. The Morgan fingerprint density at radius 1 is 1.33 bits per heavy atom. The maximum absolute atomic E-state index is 11.8. The number of fused-ring (bicyclic) bond motifs is 1. The molecular formula is C12H9NO2. The third-order valence-corrected chi connectivity index (χ3v) is 2.34. The zero-order valence-corrected chi connectivity index (χ0v) is 8.50. The molecule has 0 radical (unpaired) electrons. The summed E-state index contributed by atoms with van der Waals surface area (Å²) in [7, 11) is 0. The van der Waals surface area contributed by atoms with Crippen LogP contribution in [0.25, 0.3) is 11.0 Å². The molecule has 3 heteroatoms. The number of rotatable bonds is 0. The van der Waals surface area contributed by atoms with Crippen molar-refractivity contribution in [3.8, 4) is 6.07 Å². The molecule has 0 aliphatic carbocycles. The Morgan fingerprint density at radius 2 is 2.07 bits per heavy atom. The fraction of sp³-hybridized carbons (Fsp3) is 0.167. The molecule has 0 aliphatic heterocycles. The van der Waals surface area contributed by atoms with Crippen molar-refractivity contribution in [2.24, 2.45) is 0 Å². The van der Waals surface area contributed by atoms with Crippen LogP contribution in [0.1, 0.15) is 16.7 Å². The molecule has 0 bridgehead atoms. The van der Waals surface area contributed by atoms with E-state index in [1.54, 1.807) is 6.07 Å². The van der Waals surface area contributed by atoms with Crippen LogP contribution in [-0.2, 0) is 0 Å². The van der Waals surface area contributed by atoms with E-state index in [2.05, 4.69) is 0 Å². The number of benzene rings is 1. The van der Waals surface area contributed by atoms with Crippen molar-refractivity contribution in [3.05, 3.63) is 45.3 Å². The molecule has 0 unspecified atom stereocenters. The van der Waals surface area contributed by atoms with Crippen LogP contribution in [-0.4, -0.2) is 0 Å².